The minimum absolute atomic E-state index is 0.171. The van der Waals surface area contributed by atoms with Crippen molar-refractivity contribution in [2.24, 2.45) is 0 Å². The number of aliphatic hydroxyl groups excluding tert-OH is 1. The lowest BCUT2D eigenvalue weighted by Crippen LogP contribution is -2.04. The minimum Gasteiger partial charge on any atom is -0.478 e. The van der Waals surface area contributed by atoms with Gasteiger partial charge in [-0.3, -0.25) is 0 Å². The summed E-state index contributed by atoms with van der Waals surface area (Å²) in [5, 5.41) is 18.9. The summed E-state index contributed by atoms with van der Waals surface area (Å²) in [6, 6.07) is 17.8. The van der Waals surface area contributed by atoms with Gasteiger partial charge in [0.15, 0.2) is 0 Å². The standard InChI is InChI=1S/C14H17NO3.C7H8/c1-10-13(14(17)18)11-6-2-3-7-12(11)15(10)8-4-5-9-16;1-7-5-3-2-4-6-7/h2-3,6-7,16H,4-5,8-9H2,1H3,(H,17,18);2-6H,1H3. The van der Waals surface area contributed by atoms with Gasteiger partial charge in [-0.25, -0.2) is 4.79 Å². The number of fused-ring (bicyclic) bond motifs is 1. The normalized spacial score (nSPS) is 10.4. The summed E-state index contributed by atoms with van der Waals surface area (Å²) >= 11 is 0. The minimum atomic E-state index is -0.885. The van der Waals surface area contributed by atoms with E-state index in [0.717, 1.165) is 36.0 Å². The molecule has 3 aromatic rings. The Balaban J connectivity index is 0.000000269. The van der Waals surface area contributed by atoms with Crippen molar-refractivity contribution in [2.75, 3.05) is 6.61 Å². The average molecular weight is 339 g/mol. The van der Waals surface area contributed by atoms with Gasteiger partial charge < -0.3 is 14.8 Å². The summed E-state index contributed by atoms with van der Waals surface area (Å²) in [4.78, 5) is 11.3. The number of hydrogen-bond acceptors (Lipinski definition) is 2. The lowest BCUT2D eigenvalue weighted by atomic mass is 10.1. The van der Waals surface area contributed by atoms with E-state index in [2.05, 4.69) is 19.1 Å². The summed E-state index contributed by atoms with van der Waals surface area (Å²) in [5.74, 6) is -0.885. The van der Waals surface area contributed by atoms with E-state index in [1.807, 2.05) is 54.0 Å². The van der Waals surface area contributed by atoms with Gasteiger partial charge in [-0.2, -0.15) is 0 Å². The van der Waals surface area contributed by atoms with E-state index in [1.54, 1.807) is 0 Å². The maximum absolute atomic E-state index is 11.3. The van der Waals surface area contributed by atoms with E-state index < -0.39 is 5.97 Å². The summed E-state index contributed by atoms with van der Waals surface area (Å²) in [5.41, 5.74) is 3.43. The first-order chi connectivity index (χ1) is 12.1. The Labute approximate surface area is 148 Å². The molecule has 0 spiro atoms. The number of aromatic nitrogens is 1. The second-order valence-electron chi connectivity index (χ2n) is 6.02. The maximum Gasteiger partial charge on any atom is 0.338 e. The molecule has 0 aliphatic rings. The molecule has 4 heteroatoms. The second kappa shape index (κ2) is 9.04. The van der Waals surface area contributed by atoms with Crippen LogP contribution in [-0.4, -0.2) is 27.4 Å². The van der Waals surface area contributed by atoms with Gasteiger partial charge in [0.05, 0.1) is 5.56 Å². The van der Waals surface area contributed by atoms with Crippen molar-refractivity contribution < 1.29 is 15.0 Å². The van der Waals surface area contributed by atoms with Crippen LogP contribution in [-0.2, 0) is 6.54 Å². The Morgan fingerprint density at radius 3 is 2.16 bits per heavy atom. The van der Waals surface area contributed by atoms with Crippen molar-refractivity contribution in [1.29, 1.82) is 0 Å². The zero-order valence-corrected chi connectivity index (χ0v) is 14.8. The summed E-state index contributed by atoms with van der Waals surface area (Å²) in [6.45, 7) is 4.83. The van der Waals surface area contributed by atoms with Crippen LogP contribution in [0.1, 0.15) is 34.5 Å². The van der Waals surface area contributed by atoms with Crippen LogP contribution in [0.4, 0.5) is 0 Å². The van der Waals surface area contributed by atoms with Gasteiger partial charge in [-0.05, 0) is 32.8 Å². The Morgan fingerprint density at radius 1 is 0.960 bits per heavy atom. The van der Waals surface area contributed by atoms with Crippen LogP contribution in [0.15, 0.2) is 54.6 Å². The highest BCUT2D eigenvalue weighted by Crippen LogP contribution is 2.26. The van der Waals surface area contributed by atoms with Crippen molar-refractivity contribution in [1.82, 2.24) is 4.57 Å². The van der Waals surface area contributed by atoms with E-state index >= 15 is 0 Å². The number of aromatic carboxylic acids is 1. The molecule has 0 bridgehead atoms. The zero-order chi connectivity index (χ0) is 18.2. The van der Waals surface area contributed by atoms with Gasteiger partial charge >= 0.3 is 5.97 Å². The van der Waals surface area contributed by atoms with Crippen LogP contribution in [0.3, 0.4) is 0 Å². The van der Waals surface area contributed by atoms with Crippen LogP contribution in [0.5, 0.6) is 0 Å². The summed E-state index contributed by atoms with van der Waals surface area (Å²) in [7, 11) is 0. The van der Waals surface area contributed by atoms with Crippen molar-refractivity contribution in [3.63, 3.8) is 0 Å². The van der Waals surface area contributed by atoms with E-state index in [-0.39, 0.29) is 6.61 Å². The number of aryl methyl sites for hydroxylation is 2. The van der Waals surface area contributed by atoms with Crippen LogP contribution < -0.4 is 0 Å². The summed E-state index contributed by atoms with van der Waals surface area (Å²) < 4.78 is 2.02. The molecule has 132 valence electrons. The molecule has 0 amide bonds. The molecular weight excluding hydrogens is 314 g/mol. The van der Waals surface area contributed by atoms with Gasteiger partial charge in [0.25, 0.3) is 0 Å². The molecule has 0 radical (unpaired) electrons. The van der Waals surface area contributed by atoms with Gasteiger partial charge in [-0.1, -0.05) is 54.1 Å². The number of rotatable bonds is 5. The fraction of sp³-hybridized carbons (Fsp3) is 0.286. The molecule has 1 aromatic heterocycles. The lowest BCUT2D eigenvalue weighted by molar-refractivity contribution is 0.0698. The van der Waals surface area contributed by atoms with Crippen molar-refractivity contribution in [3.05, 3.63) is 71.4 Å². The molecule has 0 fully saturated rings. The molecular formula is C21H25NO3. The first kappa shape index (κ1) is 18.7. The van der Waals surface area contributed by atoms with Crippen LogP contribution in [0, 0.1) is 13.8 Å². The Kier molecular flexibility index (Phi) is 6.78. The molecule has 0 atom stereocenters. The van der Waals surface area contributed by atoms with Crippen molar-refractivity contribution in [2.45, 2.75) is 33.2 Å². The number of para-hydroxylation sites is 1. The maximum atomic E-state index is 11.3. The monoisotopic (exact) mass is 339 g/mol. The number of aliphatic hydroxyl groups is 1. The first-order valence-corrected chi connectivity index (χ1v) is 8.50. The van der Waals surface area contributed by atoms with Gasteiger partial charge in [0.2, 0.25) is 0 Å². The van der Waals surface area contributed by atoms with Crippen molar-refractivity contribution >= 4 is 16.9 Å². The molecule has 3 rings (SSSR count). The topological polar surface area (TPSA) is 62.5 Å². The highest BCUT2D eigenvalue weighted by molar-refractivity contribution is 6.05. The molecule has 0 saturated carbocycles. The number of nitrogens with zero attached hydrogens (tertiary/aromatic N) is 1. The highest BCUT2D eigenvalue weighted by atomic mass is 16.4. The number of unbranched alkanes of at least 4 members (excludes halogenated alkanes) is 1. The van der Waals surface area contributed by atoms with E-state index in [9.17, 15) is 9.90 Å². The first-order valence-electron chi connectivity index (χ1n) is 8.50. The van der Waals surface area contributed by atoms with Gasteiger partial charge in [0, 0.05) is 29.7 Å². The molecule has 0 unspecified atom stereocenters. The predicted molar refractivity (Wildman–Crippen MR) is 101 cm³/mol. The van der Waals surface area contributed by atoms with Gasteiger partial charge in [0.1, 0.15) is 0 Å². The van der Waals surface area contributed by atoms with Crippen LogP contribution >= 0.6 is 0 Å². The van der Waals surface area contributed by atoms with Crippen molar-refractivity contribution in [3.8, 4) is 0 Å². The Morgan fingerprint density at radius 2 is 1.60 bits per heavy atom. The zero-order valence-electron chi connectivity index (χ0n) is 14.8. The number of carboxylic acid groups (broad SMARTS) is 1. The summed E-state index contributed by atoms with van der Waals surface area (Å²) in [6.07, 6.45) is 1.57. The van der Waals surface area contributed by atoms with E-state index in [1.165, 1.54) is 5.56 Å². The largest absolute Gasteiger partial charge is 0.478 e. The quantitative estimate of drug-likeness (QED) is 0.677. The van der Waals surface area contributed by atoms with E-state index in [4.69, 9.17) is 5.11 Å². The number of carboxylic acids is 1. The van der Waals surface area contributed by atoms with E-state index in [0.29, 0.717) is 5.56 Å². The third-order valence-corrected chi connectivity index (χ3v) is 4.18. The highest BCUT2D eigenvalue weighted by Gasteiger charge is 2.18. The number of hydrogen-bond donors (Lipinski definition) is 2. The molecule has 2 N–H and O–H groups in total. The molecule has 2 aromatic carbocycles. The Bertz CT molecular complexity index is 822. The molecule has 1 heterocycles. The fourth-order valence-electron chi connectivity index (χ4n) is 2.91. The third kappa shape index (κ3) is 4.70. The number of benzene rings is 2. The predicted octanol–water partition coefficient (Wildman–Crippen LogP) is 4.42. The molecule has 0 aliphatic carbocycles. The second-order valence-corrected chi connectivity index (χ2v) is 6.02. The van der Waals surface area contributed by atoms with Crippen LogP contribution in [0.25, 0.3) is 10.9 Å². The lowest BCUT2D eigenvalue weighted by Gasteiger charge is -2.07. The number of carbonyl (C=O) groups is 1. The molecule has 4 nitrogen and oxygen atoms in total. The molecule has 0 aliphatic heterocycles. The molecule has 0 saturated heterocycles. The fourth-order valence-corrected chi connectivity index (χ4v) is 2.91. The third-order valence-electron chi connectivity index (χ3n) is 4.18. The molecule has 25 heavy (non-hydrogen) atoms. The SMILES string of the molecule is Cc1c(C(=O)O)c2ccccc2n1CCCCO.Cc1ccccc1. The van der Waals surface area contributed by atoms with Crippen LogP contribution in [0.2, 0.25) is 0 Å². The Hall–Kier alpha value is -2.59. The van der Waals surface area contributed by atoms with Gasteiger partial charge in [-0.15, -0.1) is 0 Å². The average Bonchev–Trinajstić information content (AvgIpc) is 2.88. The smallest absolute Gasteiger partial charge is 0.338 e.